The van der Waals surface area contributed by atoms with Gasteiger partial charge in [0, 0.05) is 0 Å². The number of hydrogen-bond acceptors (Lipinski definition) is 1. The van der Waals surface area contributed by atoms with Gasteiger partial charge in [0.2, 0.25) is 0 Å². The molecule has 0 aromatic heterocycles. The third-order valence-corrected chi connectivity index (χ3v) is 1.92. The maximum Gasteiger partial charge on any atom is 0.184 e. The van der Waals surface area contributed by atoms with E-state index in [4.69, 9.17) is 4.43 Å². The topological polar surface area (TPSA) is 9.23 Å². The quantitative estimate of drug-likeness (QED) is 0.449. The molecule has 2 heteroatoms. The molecule has 1 nitrogen and oxygen atoms in total. The molecule has 58 valence electrons. The van der Waals surface area contributed by atoms with Crippen molar-refractivity contribution in [2.75, 3.05) is 6.61 Å². The van der Waals surface area contributed by atoms with Gasteiger partial charge in [0.15, 0.2) is 8.32 Å². The first kappa shape index (κ1) is 9.66. The molecular formula is C8H16OSi. The van der Waals surface area contributed by atoms with Gasteiger partial charge in [-0.05, 0) is 19.6 Å². The Hall–Kier alpha value is -0.343. The monoisotopic (exact) mass is 156 g/mol. The molecule has 0 fully saturated rings. The molecule has 0 saturated carbocycles. The lowest BCUT2D eigenvalue weighted by Gasteiger charge is -2.14. The van der Waals surface area contributed by atoms with Gasteiger partial charge >= 0.3 is 0 Å². The standard InChI is InChI=1S/C8H16OSi/c1-5-6-7-8-9-10(2,3)4/h5-7H,1,8H2,2-4H3. The van der Waals surface area contributed by atoms with E-state index in [1.54, 1.807) is 6.08 Å². The first-order valence-corrected chi connectivity index (χ1v) is 6.88. The molecule has 0 atom stereocenters. The average molecular weight is 156 g/mol. The predicted octanol–water partition coefficient (Wildman–Crippen LogP) is 2.58. The summed E-state index contributed by atoms with van der Waals surface area (Å²) in [6.45, 7) is 10.8. The van der Waals surface area contributed by atoms with E-state index in [2.05, 4.69) is 26.2 Å². The summed E-state index contributed by atoms with van der Waals surface area (Å²) in [6.07, 6.45) is 5.64. The van der Waals surface area contributed by atoms with E-state index in [1.807, 2.05) is 12.2 Å². The Kier molecular flexibility index (Phi) is 4.32. The van der Waals surface area contributed by atoms with Crippen molar-refractivity contribution in [2.45, 2.75) is 19.6 Å². The van der Waals surface area contributed by atoms with Crippen LogP contribution in [0.4, 0.5) is 0 Å². The second-order valence-electron chi connectivity index (χ2n) is 3.09. The Labute approximate surface area is 64.5 Å². The lowest BCUT2D eigenvalue weighted by molar-refractivity contribution is 0.357. The molecule has 0 radical (unpaired) electrons. The fourth-order valence-electron chi connectivity index (χ4n) is 0.450. The minimum absolute atomic E-state index is 0.724. The van der Waals surface area contributed by atoms with Crippen LogP contribution in [0.2, 0.25) is 19.6 Å². The first-order valence-electron chi connectivity index (χ1n) is 3.48. The molecule has 0 bridgehead atoms. The van der Waals surface area contributed by atoms with Crippen LogP contribution in [-0.4, -0.2) is 14.9 Å². The van der Waals surface area contributed by atoms with Crippen molar-refractivity contribution < 1.29 is 4.43 Å². The second kappa shape index (κ2) is 4.47. The zero-order valence-electron chi connectivity index (χ0n) is 7.05. The van der Waals surface area contributed by atoms with Crippen molar-refractivity contribution in [3.8, 4) is 0 Å². The molecule has 0 spiro atoms. The van der Waals surface area contributed by atoms with Crippen molar-refractivity contribution in [2.24, 2.45) is 0 Å². The molecule has 0 heterocycles. The summed E-state index contributed by atoms with van der Waals surface area (Å²) in [5.74, 6) is 0. The van der Waals surface area contributed by atoms with Crippen LogP contribution in [0, 0.1) is 0 Å². The summed E-state index contributed by atoms with van der Waals surface area (Å²) in [5, 5.41) is 0. The summed E-state index contributed by atoms with van der Waals surface area (Å²) in [6, 6.07) is 0. The maximum absolute atomic E-state index is 5.54. The zero-order valence-corrected chi connectivity index (χ0v) is 8.05. The van der Waals surface area contributed by atoms with Gasteiger partial charge in [-0.2, -0.15) is 0 Å². The molecule has 0 aromatic rings. The van der Waals surface area contributed by atoms with Crippen LogP contribution in [0.5, 0.6) is 0 Å². The van der Waals surface area contributed by atoms with E-state index < -0.39 is 8.32 Å². The van der Waals surface area contributed by atoms with Crippen molar-refractivity contribution >= 4 is 8.32 Å². The molecule has 0 N–H and O–H groups in total. The third kappa shape index (κ3) is 7.66. The van der Waals surface area contributed by atoms with Gasteiger partial charge < -0.3 is 4.43 Å². The fraction of sp³-hybridized carbons (Fsp3) is 0.500. The van der Waals surface area contributed by atoms with Crippen LogP contribution in [0.3, 0.4) is 0 Å². The van der Waals surface area contributed by atoms with Crippen molar-refractivity contribution in [3.63, 3.8) is 0 Å². The molecule has 0 saturated heterocycles. The fourth-order valence-corrected chi connectivity index (χ4v) is 1.05. The Morgan fingerprint density at radius 3 is 2.40 bits per heavy atom. The van der Waals surface area contributed by atoms with Crippen LogP contribution in [0.1, 0.15) is 0 Å². The molecule has 10 heavy (non-hydrogen) atoms. The average Bonchev–Trinajstić information content (AvgIpc) is 1.78. The molecule has 0 rings (SSSR count). The van der Waals surface area contributed by atoms with Crippen LogP contribution >= 0.6 is 0 Å². The summed E-state index contributed by atoms with van der Waals surface area (Å²) in [7, 11) is -1.29. The minimum atomic E-state index is -1.29. The highest BCUT2D eigenvalue weighted by Crippen LogP contribution is 2.01. The van der Waals surface area contributed by atoms with Gasteiger partial charge in [0.05, 0.1) is 6.61 Å². The Morgan fingerprint density at radius 1 is 1.40 bits per heavy atom. The number of rotatable bonds is 4. The molecule has 0 amide bonds. The summed E-state index contributed by atoms with van der Waals surface area (Å²) < 4.78 is 5.54. The van der Waals surface area contributed by atoms with E-state index >= 15 is 0 Å². The van der Waals surface area contributed by atoms with Crippen LogP contribution in [0.25, 0.3) is 0 Å². The van der Waals surface area contributed by atoms with Gasteiger partial charge in [-0.1, -0.05) is 24.8 Å². The lowest BCUT2D eigenvalue weighted by Crippen LogP contribution is -2.25. The maximum atomic E-state index is 5.54. The SMILES string of the molecule is C=CC=CCO[Si](C)(C)C. The van der Waals surface area contributed by atoms with Gasteiger partial charge in [-0.25, -0.2) is 0 Å². The summed E-state index contributed by atoms with van der Waals surface area (Å²) in [5.41, 5.74) is 0. The molecular weight excluding hydrogens is 140 g/mol. The summed E-state index contributed by atoms with van der Waals surface area (Å²) in [4.78, 5) is 0. The van der Waals surface area contributed by atoms with Crippen molar-refractivity contribution in [1.82, 2.24) is 0 Å². The van der Waals surface area contributed by atoms with Crippen molar-refractivity contribution in [1.29, 1.82) is 0 Å². The first-order chi connectivity index (χ1) is 4.56. The van der Waals surface area contributed by atoms with E-state index in [0.717, 1.165) is 6.61 Å². The largest absolute Gasteiger partial charge is 0.414 e. The molecule has 0 aromatic carbocycles. The highest BCUT2D eigenvalue weighted by Gasteiger charge is 2.11. The van der Waals surface area contributed by atoms with Crippen LogP contribution in [-0.2, 0) is 4.43 Å². The highest BCUT2D eigenvalue weighted by molar-refractivity contribution is 6.69. The number of allylic oxidation sites excluding steroid dienone is 2. The minimum Gasteiger partial charge on any atom is -0.414 e. The normalized spacial score (nSPS) is 12.3. The Morgan fingerprint density at radius 2 is 2.00 bits per heavy atom. The third-order valence-electron chi connectivity index (χ3n) is 0.885. The smallest absolute Gasteiger partial charge is 0.184 e. The van der Waals surface area contributed by atoms with Gasteiger partial charge in [-0.3, -0.25) is 0 Å². The highest BCUT2D eigenvalue weighted by atomic mass is 28.4. The second-order valence-corrected chi connectivity index (χ2v) is 7.60. The zero-order chi connectivity index (χ0) is 8.04. The van der Waals surface area contributed by atoms with E-state index in [0.29, 0.717) is 0 Å². The molecule has 0 unspecified atom stereocenters. The Balaban J connectivity index is 3.37. The van der Waals surface area contributed by atoms with Crippen LogP contribution in [0.15, 0.2) is 24.8 Å². The lowest BCUT2D eigenvalue weighted by atomic mass is 10.5. The van der Waals surface area contributed by atoms with Gasteiger partial charge in [0.1, 0.15) is 0 Å². The Bertz CT molecular complexity index is 122. The van der Waals surface area contributed by atoms with Crippen LogP contribution < -0.4 is 0 Å². The van der Waals surface area contributed by atoms with Gasteiger partial charge in [0.25, 0.3) is 0 Å². The molecule has 0 aliphatic heterocycles. The molecule has 0 aliphatic carbocycles. The molecule has 0 aliphatic rings. The number of hydrogen-bond donors (Lipinski definition) is 0. The van der Waals surface area contributed by atoms with Gasteiger partial charge in [-0.15, -0.1) is 0 Å². The van der Waals surface area contributed by atoms with Crippen molar-refractivity contribution in [3.05, 3.63) is 24.8 Å². The van der Waals surface area contributed by atoms with E-state index in [-0.39, 0.29) is 0 Å². The predicted molar refractivity (Wildman–Crippen MR) is 48.6 cm³/mol. The summed E-state index contributed by atoms with van der Waals surface area (Å²) >= 11 is 0. The van der Waals surface area contributed by atoms with E-state index in [1.165, 1.54) is 0 Å². The van der Waals surface area contributed by atoms with E-state index in [9.17, 15) is 0 Å².